The minimum atomic E-state index is -6.27. The lowest BCUT2D eigenvalue weighted by atomic mass is 10.1. The van der Waals surface area contributed by atoms with Crippen LogP contribution in [0.4, 0.5) is 35.1 Å². The Morgan fingerprint density at radius 3 is 1.63 bits per heavy atom. The maximum atomic E-state index is 13.3. The van der Waals surface area contributed by atoms with Gasteiger partial charge in [0.2, 0.25) is 0 Å². The molecule has 0 rings (SSSR count). The van der Waals surface area contributed by atoms with Crippen LogP contribution < -0.4 is 0 Å². The van der Waals surface area contributed by atoms with Gasteiger partial charge in [-0.25, -0.2) is 8.78 Å². The summed E-state index contributed by atoms with van der Waals surface area (Å²) in [7, 11) is -3.11. The smallest absolute Gasteiger partial charge is 0.375 e. The normalized spacial score (nSPS) is 14.2. The Morgan fingerprint density at radius 2 is 1.26 bits per heavy atom. The van der Waals surface area contributed by atoms with E-state index in [-0.39, 0.29) is 32.3 Å². The van der Waals surface area contributed by atoms with E-state index in [4.69, 9.17) is 13.3 Å². The zero-order valence-corrected chi connectivity index (χ0v) is 16.2. The van der Waals surface area contributed by atoms with E-state index in [2.05, 4.69) is 4.74 Å². The highest BCUT2D eigenvalue weighted by Gasteiger charge is 2.75. The van der Waals surface area contributed by atoms with E-state index in [0.717, 1.165) is 0 Å². The van der Waals surface area contributed by atoms with E-state index in [1.807, 2.05) is 0 Å². The van der Waals surface area contributed by atoms with E-state index >= 15 is 0 Å². The van der Waals surface area contributed by atoms with E-state index in [1.165, 1.54) is 0 Å². The van der Waals surface area contributed by atoms with Crippen LogP contribution in [-0.2, 0) is 18.0 Å². The lowest BCUT2D eigenvalue weighted by molar-refractivity contribution is -0.345. The second-order valence-corrected chi connectivity index (χ2v) is 8.07. The summed E-state index contributed by atoms with van der Waals surface area (Å²) in [6.07, 6.45) is -4.97. The van der Waals surface area contributed by atoms with Crippen LogP contribution in [0.25, 0.3) is 0 Å². The number of ether oxygens (including phenoxy) is 1. The summed E-state index contributed by atoms with van der Waals surface area (Å²) in [5.41, 5.74) is 0. The molecule has 0 unspecified atom stereocenters. The van der Waals surface area contributed by atoms with E-state index < -0.39 is 46.2 Å². The molecule has 0 bridgehead atoms. The molecule has 0 spiro atoms. The molecule has 0 aliphatic carbocycles. The first-order valence-corrected chi connectivity index (χ1v) is 10.2. The molecule has 0 aliphatic rings. The van der Waals surface area contributed by atoms with Crippen LogP contribution in [0.1, 0.15) is 27.2 Å². The van der Waals surface area contributed by atoms with Gasteiger partial charge in [0.15, 0.2) is 0 Å². The van der Waals surface area contributed by atoms with Gasteiger partial charge in [-0.15, -0.1) is 0 Å². The minimum absolute atomic E-state index is 0.0148. The van der Waals surface area contributed by atoms with Gasteiger partial charge >= 0.3 is 33.0 Å². The molecule has 0 aromatic rings. The quantitative estimate of drug-likeness (QED) is 0.213. The molecule has 0 fully saturated rings. The topological polar surface area (TPSA) is 36.9 Å². The Hall–Kier alpha value is -0.503. The third-order valence-electron chi connectivity index (χ3n) is 3.30. The molecule has 0 atom stereocenters. The van der Waals surface area contributed by atoms with E-state index in [0.29, 0.717) is 0 Å². The molecule has 0 heterocycles. The zero-order chi connectivity index (χ0) is 21.4. The summed E-state index contributed by atoms with van der Waals surface area (Å²) in [6, 6.07) is 0.109. The molecule has 164 valence electrons. The van der Waals surface area contributed by atoms with E-state index in [9.17, 15) is 35.1 Å². The molecule has 0 saturated carbocycles. The SMILES string of the molecule is CCO[Si](CCCOCC(F)(F)C(F)(F)C(F)(F)C(F)F)(OCC)OCC. The summed E-state index contributed by atoms with van der Waals surface area (Å²) in [4.78, 5) is 0. The van der Waals surface area contributed by atoms with Crippen molar-refractivity contribution in [2.24, 2.45) is 0 Å². The number of hydrogen-bond acceptors (Lipinski definition) is 4. The number of halogens is 8. The predicted molar refractivity (Wildman–Crippen MR) is 81.7 cm³/mol. The Morgan fingerprint density at radius 1 is 0.815 bits per heavy atom. The molecule has 0 aromatic carbocycles. The molecule has 0 radical (unpaired) electrons. The Labute approximate surface area is 153 Å². The third-order valence-corrected chi connectivity index (χ3v) is 6.45. The molecule has 0 amide bonds. The third kappa shape index (κ3) is 6.80. The van der Waals surface area contributed by atoms with Crippen LogP contribution in [0, 0.1) is 0 Å². The van der Waals surface area contributed by atoms with Gasteiger partial charge in [-0.05, 0) is 27.2 Å². The van der Waals surface area contributed by atoms with Gasteiger partial charge in [0.1, 0.15) is 6.61 Å². The predicted octanol–water partition coefficient (Wildman–Crippen LogP) is 4.61. The van der Waals surface area contributed by atoms with Crippen molar-refractivity contribution in [1.29, 1.82) is 0 Å². The summed E-state index contributed by atoms with van der Waals surface area (Å²) in [5, 5.41) is 0. The molecule has 13 heteroatoms. The molecule has 0 N–H and O–H groups in total. The highest BCUT2D eigenvalue weighted by Crippen LogP contribution is 2.48. The second-order valence-electron chi connectivity index (χ2n) is 5.34. The first-order valence-electron chi connectivity index (χ1n) is 8.24. The first-order chi connectivity index (χ1) is 12.3. The fourth-order valence-electron chi connectivity index (χ4n) is 2.06. The molecule has 27 heavy (non-hydrogen) atoms. The van der Waals surface area contributed by atoms with Crippen LogP contribution in [0.5, 0.6) is 0 Å². The number of hydrogen-bond donors (Lipinski definition) is 0. The van der Waals surface area contributed by atoms with Crippen molar-refractivity contribution in [3.05, 3.63) is 0 Å². The highest BCUT2D eigenvalue weighted by atomic mass is 28.4. The molecule has 0 aromatic heterocycles. The Balaban J connectivity index is 4.73. The van der Waals surface area contributed by atoms with Gasteiger partial charge in [-0.2, -0.15) is 26.3 Å². The largest absolute Gasteiger partial charge is 0.501 e. The van der Waals surface area contributed by atoms with Crippen molar-refractivity contribution in [2.75, 3.05) is 33.0 Å². The average Bonchev–Trinajstić information content (AvgIpc) is 2.54. The van der Waals surface area contributed by atoms with Crippen molar-refractivity contribution >= 4 is 8.80 Å². The van der Waals surface area contributed by atoms with Crippen molar-refractivity contribution in [1.82, 2.24) is 0 Å². The summed E-state index contributed by atoms with van der Waals surface area (Å²) in [6.45, 7) is 3.12. The molecule has 0 saturated heterocycles. The van der Waals surface area contributed by atoms with Gasteiger partial charge in [-0.1, -0.05) is 0 Å². The molecular formula is C14H24F8O4Si. The van der Waals surface area contributed by atoms with Gasteiger partial charge in [0.05, 0.1) is 0 Å². The van der Waals surface area contributed by atoms with Crippen LogP contribution in [0.15, 0.2) is 0 Å². The standard InChI is InChI=1S/C14H24F8O4Si/c1-4-24-27(25-5-2,26-6-3)9-7-8-23-10-12(17,18)14(21,22)13(19,20)11(15)16/h11H,4-10H2,1-3H3. The fourth-order valence-corrected chi connectivity index (χ4v) is 4.64. The van der Waals surface area contributed by atoms with E-state index in [1.54, 1.807) is 20.8 Å². The maximum absolute atomic E-state index is 13.3. The van der Waals surface area contributed by atoms with Gasteiger partial charge < -0.3 is 18.0 Å². The Bertz CT molecular complexity index is 409. The first kappa shape index (κ1) is 26.5. The Kier molecular flexibility index (Phi) is 10.7. The van der Waals surface area contributed by atoms with Gasteiger partial charge in [0, 0.05) is 32.5 Å². The zero-order valence-electron chi connectivity index (χ0n) is 15.2. The minimum Gasteiger partial charge on any atom is -0.375 e. The van der Waals surface area contributed by atoms with Crippen LogP contribution >= 0.6 is 0 Å². The van der Waals surface area contributed by atoms with Crippen molar-refractivity contribution in [3.8, 4) is 0 Å². The fraction of sp³-hybridized carbons (Fsp3) is 1.00. The molecule has 0 aliphatic heterocycles. The van der Waals surface area contributed by atoms with Crippen molar-refractivity contribution in [2.45, 2.75) is 57.4 Å². The second kappa shape index (κ2) is 10.9. The number of alkyl halides is 8. The maximum Gasteiger partial charge on any atom is 0.501 e. The summed E-state index contributed by atoms with van der Waals surface area (Å²) < 4.78 is 123. The van der Waals surface area contributed by atoms with Crippen molar-refractivity contribution in [3.63, 3.8) is 0 Å². The summed E-state index contributed by atoms with van der Waals surface area (Å²) in [5.74, 6) is -17.9. The van der Waals surface area contributed by atoms with Crippen LogP contribution in [0.3, 0.4) is 0 Å². The molecule has 4 nitrogen and oxygen atoms in total. The lowest BCUT2D eigenvalue weighted by Gasteiger charge is -2.32. The summed E-state index contributed by atoms with van der Waals surface area (Å²) >= 11 is 0. The van der Waals surface area contributed by atoms with Crippen molar-refractivity contribution < 1.29 is 53.1 Å². The van der Waals surface area contributed by atoms with Gasteiger partial charge in [0.25, 0.3) is 0 Å². The lowest BCUT2D eigenvalue weighted by Crippen LogP contribution is -2.59. The van der Waals surface area contributed by atoms with Gasteiger partial charge in [-0.3, -0.25) is 0 Å². The monoisotopic (exact) mass is 436 g/mol. The van der Waals surface area contributed by atoms with Crippen LogP contribution in [0.2, 0.25) is 6.04 Å². The highest BCUT2D eigenvalue weighted by molar-refractivity contribution is 6.60. The molecular weight excluding hydrogens is 412 g/mol. The van der Waals surface area contributed by atoms with Crippen LogP contribution in [-0.4, -0.2) is 66.0 Å². The average molecular weight is 436 g/mol. The number of rotatable bonds is 15.